The maximum absolute atomic E-state index is 12.2. The molecular formula is C18H24N2O3S2. The molecule has 25 heavy (non-hydrogen) atoms. The molecule has 5 nitrogen and oxygen atoms in total. The van der Waals surface area contributed by atoms with E-state index in [1.54, 1.807) is 25.2 Å². The zero-order valence-electron chi connectivity index (χ0n) is 14.4. The van der Waals surface area contributed by atoms with E-state index < -0.39 is 15.3 Å². The zero-order chi connectivity index (χ0) is 18.0. The van der Waals surface area contributed by atoms with Gasteiger partial charge in [-0.05, 0) is 43.5 Å². The van der Waals surface area contributed by atoms with Gasteiger partial charge in [-0.2, -0.15) is 0 Å². The van der Waals surface area contributed by atoms with Crippen LogP contribution in [-0.2, 0) is 14.8 Å². The number of sulfonamides is 1. The molecule has 0 unspecified atom stereocenters. The number of nitrogens with two attached hydrogens (primary N) is 1. The van der Waals surface area contributed by atoms with Crippen molar-refractivity contribution in [2.24, 2.45) is 0 Å². The van der Waals surface area contributed by atoms with Crippen LogP contribution in [0.3, 0.4) is 0 Å². The Morgan fingerprint density at radius 2 is 1.92 bits per heavy atom. The molecule has 3 N–H and O–H groups in total. The van der Waals surface area contributed by atoms with Gasteiger partial charge in [-0.25, -0.2) is 13.1 Å². The van der Waals surface area contributed by atoms with E-state index >= 15 is 0 Å². The molecule has 0 aliphatic carbocycles. The third kappa shape index (κ3) is 4.23. The highest BCUT2D eigenvalue weighted by Gasteiger charge is 2.31. The summed E-state index contributed by atoms with van der Waals surface area (Å²) in [6.07, 6.45) is 0.802. The van der Waals surface area contributed by atoms with Gasteiger partial charge in [0.15, 0.2) is 0 Å². The Morgan fingerprint density at radius 1 is 1.20 bits per heavy atom. The summed E-state index contributed by atoms with van der Waals surface area (Å²) in [5.41, 5.74) is 8.06. The van der Waals surface area contributed by atoms with E-state index in [4.69, 9.17) is 10.5 Å². The van der Waals surface area contributed by atoms with Gasteiger partial charge in [-0.3, -0.25) is 0 Å². The number of anilines is 1. The Labute approximate surface area is 153 Å². The lowest BCUT2D eigenvalue weighted by molar-refractivity contribution is 0.0644. The molecule has 1 aliphatic rings. The van der Waals surface area contributed by atoms with Crippen molar-refractivity contribution in [2.45, 2.75) is 37.5 Å². The van der Waals surface area contributed by atoms with Crippen LogP contribution in [0.5, 0.6) is 0 Å². The molecule has 2 aromatic rings. The zero-order valence-corrected chi connectivity index (χ0v) is 16.1. The lowest BCUT2D eigenvalue weighted by atomic mass is 9.87. The summed E-state index contributed by atoms with van der Waals surface area (Å²) >= 11 is 1.56. The van der Waals surface area contributed by atoms with Crippen molar-refractivity contribution in [1.29, 1.82) is 0 Å². The topological polar surface area (TPSA) is 81.4 Å². The summed E-state index contributed by atoms with van der Waals surface area (Å²) in [6.45, 7) is 4.42. The van der Waals surface area contributed by atoms with Gasteiger partial charge in [-0.15, -0.1) is 11.3 Å². The summed E-state index contributed by atoms with van der Waals surface area (Å²) in [6, 6.07) is 12.0. The minimum absolute atomic E-state index is 0.115. The highest BCUT2D eigenvalue weighted by Crippen LogP contribution is 2.33. The van der Waals surface area contributed by atoms with Crippen molar-refractivity contribution in [3.8, 4) is 10.4 Å². The molecule has 1 aliphatic heterocycles. The normalized spacial score (nSPS) is 21.6. The fraction of sp³-hybridized carbons (Fsp3) is 0.444. The average Bonchev–Trinajstić information content (AvgIpc) is 3.01. The van der Waals surface area contributed by atoms with Crippen LogP contribution >= 0.6 is 11.3 Å². The Hall–Kier alpha value is -1.41. The van der Waals surface area contributed by atoms with E-state index in [-0.39, 0.29) is 12.0 Å². The number of benzene rings is 1. The molecule has 2 atom stereocenters. The van der Waals surface area contributed by atoms with E-state index in [1.807, 2.05) is 12.1 Å². The van der Waals surface area contributed by atoms with E-state index in [9.17, 15) is 8.42 Å². The van der Waals surface area contributed by atoms with Crippen LogP contribution in [0, 0.1) is 0 Å². The van der Waals surface area contributed by atoms with E-state index in [0.717, 1.165) is 27.4 Å². The first-order valence-corrected chi connectivity index (χ1v) is 10.8. The second-order valence-corrected chi connectivity index (χ2v) is 10.00. The van der Waals surface area contributed by atoms with E-state index in [2.05, 4.69) is 29.0 Å². The number of nitrogens with one attached hydrogen (secondary N) is 1. The minimum atomic E-state index is -3.33. The van der Waals surface area contributed by atoms with Gasteiger partial charge in [0.1, 0.15) is 0 Å². The first-order chi connectivity index (χ1) is 11.9. The summed E-state index contributed by atoms with van der Waals surface area (Å²) in [5, 5.41) is 0.341. The van der Waals surface area contributed by atoms with Gasteiger partial charge in [-0.1, -0.05) is 24.3 Å². The van der Waals surface area contributed by atoms with E-state index in [0.29, 0.717) is 13.2 Å². The Bertz CT molecular complexity index is 813. The third-order valence-electron chi connectivity index (χ3n) is 4.54. The number of thiophene rings is 1. The van der Waals surface area contributed by atoms with Crippen molar-refractivity contribution < 1.29 is 13.2 Å². The summed E-state index contributed by atoms with van der Waals surface area (Å²) in [4.78, 5) is 1.13. The molecule has 0 bridgehead atoms. The van der Waals surface area contributed by atoms with Crippen LogP contribution in [0.1, 0.15) is 31.7 Å². The molecule has 1 fully saturated rings. The summed E-state index contributed by atoms with van der Waals surface area (Å²) in [5.74, 6) is 0.115. The summed E-state index contributed by atoms with van der Waals surface area (Å²) in [7, 11) is -3.33. The lowest BCUT2D eigenvalue weighted by Crippen LogP contribution is -2.47. The van der Waals surface area contributed by atoms with Gasteiger partial charge in [0, 0.05) is 17.4 Å². The SMILES string of the molecule is CC(C)S(=O)(=O)N[C@@H]1COCC[C@@H]1c1ccc(-c2ccc(N)s2)cc1. The third-order valence-corrected chi connectivity index (χ3v) is 7.38. The van der Waals surface area contributed by atoms with E-state index in [1.165, 1.54) is 0 Å². The van der Waals surface area contributed by atoms with Gasteiger partial charge in [0.2, 0.25) is 10.0 Å². The van der Waals surface area contributed by atoms with Crippen molar-refractivity contribution in [3.63, 3.8) is 0 Å². The van der Waals surface area contributed by atoms with Crippen molar-refractivity contribution in [3.05, 3.63) is 42.0 Å². The number of nitrogen functional groups attached to an aromatic ring is 1. The second kappa shape index (κ2) is 7.45. The van der Waals surface area contributed by atoms with Crippen LogP contribution in [0.2, 0.25) is 0 Å². The number of hydrogen-bond acceptors (Lipinski definition) is 5. The monoisotopic (exact) mass is 380 g/mol. The highest BCUT2D eigenvalue weighted by molar-refractivity contribution is 7.90. The summed E-state index contributed by atoms with van der Waals surface area (Å²) < 4.78 is 32.8. The molecule has 0 spiro atoms. The quantitative estimate of drug-likeness (QED) is 0.835. The van der Waals surface area contributed by atoms with Gasteiger partial charge < -0.3 is 10.5 Å². The maximum Gasteiger partial charge on any atom is 0.214 e. The fourth-order valence-electron chi connectivity index (χ4n) is 3.00. The van der Waals surface area contributed by atoms with Crippen LogP contribution in [0.25, 0.3) is 10.4 Å². The number of hydrogen-bond donors (Lipinski definition) is 2. The van der Waals surface area contributed by atoms with Gasteiger partial charge >= 0.3 is 0 Å². The molecule has 0 amide bonds. The number of ether oxygens (including phenoxy) is 1. The first-order valence-electron chi connectivity index (χ1n) is 8.41. The standard InChI is InChI=1S/C18H24N2O3S2/c1-12(2)25(21,22)20-16-11-23-10-9-15(16)13-3-5-14(6-4-13)17-7-8-18(19)24-17/h3-8,12,15-16,20H,9-11,19H2,1-2H3/t15-,16-/m1/s1. The average molecular weight is 381 g/mol. The molecule has 1 aromatic carbocycles. The van der Waals surface area contributed by atoms with Crippen LogP contribution in [-0.4, -0.2) is 32.9 Å². The molecule has 3 rings (SSSR count). The van der Waals surface area contributed by atoms with Crippen LogP contribution in [0.4, 0.5) is 5.00 Å². The molecule has 1 saturated heterocycles. The molecule has 2 heterocycles. The van der Waals surface area contributed by atoms with Crippen molar-refractivity contribution in [1.82, 2.24) is 4.72 Å². The minimum Gasteiger partial charge on any atom is -0.391 e. The highest BCUT2D eigenvalue weighted by atomic mass is 32.2. The van der Waals surface area contributed by atoms with Crippen LogP contribution < -0.4 is 10.5 Å². The predicted octanol–water partition coefficient (Wildman–Crippen LogP) is 3.20. The number of rotatable bonds is 5. The van der Waals surface area contributed by atoms with Crippen LogP contribution in [0.15, 0.2) is 36.4 Å². The molecular weight excluding hydrogens is 356 g/mol. The molecule has 1 aromatic heterocycles. The smallest absolute Gasteiger partial charge is 0.214 e. The largest absolute Gasteiger partial charge is 0.391 e. The Kier molecular flexibility index (Phi) is 5.48. The fourth-order valence-corrected chi connectivity index (χ4v) is 4.71. The Balaban J connectivity index is 1.80. The molecule has 136 valence electrons. The van der Waals surface area contributed by atoms with Crippen molar-refractivity contribution >= 4 is 26.4 Å². The predicted molar refractivity (Wildman–Crippen MR) is 103 cm³/mol. The van der Waals surface area contributed by atoms with Gasteiger partial charge in [0.05, 0.1) is 22.9 Å². The molecule has 0 saturated carbocycles. The second-order valence-electron chi connectivity index (χ2n) is 6.61. The maximum atomic E-state index is 12.2. The molecule has 0 radical (unpaired) electrons. The lowest BCUT2D eigenvalue weighted by Gasteiger charge is -2.33. The Morgan fingerprint density at radius 3 is 2.52 bits per heavy atom. The molecule has 7 heteroatoms. The first kappa shape index (κ1) is 18.4. The van der Waals surface area contributed by atoms with Crippen molar-refractivity contribution in [2.75, 3.05) is 18.9 Å². The van der Waals surface area contributed by atoms with Gasteiger partial charge in [0.25, 0.3) is 0 Å².